The molecule has 0 bridgehead atoms. The minimum atomic E-state index is -0.405. The van der Waals surface area contributed by atoms with E-state index in [0.29, 0.717) is 18.8 Å². The summed E-state index contributed by atoms with van der Waals surface area (Å²) < 4.78 is 5.88. The molecule has 0 saturated carbocycles. The highest BCUT2D eigenvalue weighted by molar-refractivity contribution is 5.46. The van der Waals surface area contributed by atoms with E-state index in [4.69, 9.17) is 4.74 Å². The second kappa shape index (κ2) is 8.06. The molecule has 0 spiro atoms. The summed E-state index contributed by atoms with van der Waals surface area (Å²) in [6, 6.07) is 18.6. The summed E-state index contributed by atoms with van der Waals surface area (Å²) >= 11 is 0. The van der Waals surface area contributed by atoms with Crippen LogP contribution in [0.25, 0.3) is 0 Å². The van der Waals surface area contributed by atoms with Gasteiger partial charge in [0.25, 0.3) is 5.69 Å². The van der Waals surface area contributed by atoms with E-state index in [1.54, 1.807) is 18.5 Å². The zero-order chi connectivity index (χ0) is 17.5. The smallest absolute Gasteiger partial charge is 0.273 e. The van der Waals surface area contributed by atoms with Crippen LogP contribution in [0.2, 0.25) is 0 Å². The number of non-ortho nitro benzene ring substituents is 1. The van der Waals surface area contributed by atoms with E-state index in [1.165, 1.54) is 17.7 Å². The molecule has 0 fully saturated rings. The van der Waals surface area contributed by atoms with Crippen LogP contribution >= 0.6 is 0 Å². The average Bonchev–Trinajstić information content (AvgIpc) is 2.64. The molecule has 0 unspecified atom stereocenters. The first-order valence-corrected chi connectivity index (χ1v) is 8.05. The van der Waals surface area contributed by atoms with E-state index in [2.05, 4.69) is 4.98 Å². The van der Waals surface area contributed by atoms with Gasteiger partial charge in [-0.1, -0.05) is 36.4 Å². The third-order valence-corrected chi connectivity index (χ3v) is 3.87. The lowest BCUT2D eigenvalue weighted by atomic mass is 10.1. The number of aromatic nitrogens is 1. The maximum Gasteiger partial charge on any atom is 0.273 e. The van der Waals surface area contributed by atoms with Crippen LogP contribution < -0.4 is 4.74 Å². The van der Waals surface area contributed by atoms with Crippen molar-refractivity contribution in [1.82, 2.24) is 4.98 Å². The molecule has 0 N–H and O–H groups in total. The predicted molar refractivity (Wildman–Crippen MR) is 95.8 cm³/mol. The van der Waals surface area contributed by atoms with Crippen molar-refractivity contribution in [3.63, 3.8) is 0 Å². The molecule has 3 aromatic rings. The van der Waals surface area contributed by atoms with Gasteiger partial charge >= 0.3 is 0 Å². The van der Waals surface area contributed by atoms with Crippen molar-refractivity contribution < 1.29 is 9.66 Å². The molecule has 0 aliphatic carbocycles. The Labute approximate surface area is 146 Å². The van der Waals surface area contributed by atoms with Crippen LogP contribution in [0.15, 0.2) is 73.1 Å². The Morgan fingerprint density at radius 2 is 1.80 bits per heavy atom. The van der Waals surface area contributed by atoms with Crippen LogP contribution in [0.4, 0.5) is 5.69 Å². The number of benzene rings is 2. The number of ether oxygens (including phenoxy) is 1. The number of rotatable bonds is 7. The number of nitro benzene ring substituents is 1. The quantitative estimate of drug-likeness (QED) is 0.480. The standard InChI is InChI=1S/C20H18N2O3/c23-22(24)19-9-8-18(13-17-7-4-11-21-15-17)20(14-19)25-12-10-16-5-2-1-3-6-16/h1-9,11,14-15H,10,12-13H2. The van der Waals surface area contributed by atoms with Gasteiger partial charge in [-0.15, -0.1) is 0 Å². The normalized spacial score (nSPS) is 10.4. The summed E-state index contributed by atoms with van der Waals surface area (Å²) in [4.78, 5) is 14.8. The molecule has 5 heteroatoms. The summed E-state index contributed by atoms with van der Waals surface area (Å²) in [5, 5.41) is 11.1. The highest BCUT2D eigenvalue weighted by Gasteiger charge is 2.12. The van der Waals surface area contributed by atoms with Crippen molar-refractivity contribution in [2.24, 2.45) is 0 Å². The number of hydrogen-bond donors (Lipinski definition) is 0. The van der Waals surface area contributed by atoms with Crippen LogP contribution in [0.3, 0.4) is 0 Å². The second-order valence-electron chi connectivity index (χ2n) is 5.67. The Hall–Kier alpha value is -3.21. The fourth-order valence-electron chi connectivity index (χ4n) is 2.58. The van der Waals surface area contributed by atoms with Gasteiger partial charge in [-0.3, -0.25) is 15.1 Å². The molecule has 0 radical (unpaired) electrons. The highest BCUT2D eigenvalue weighted by Crippen LogP contribution is 2.27. The van der Waals surface area contributed by atoms with Gasteiger partial charge in [0, 0.05) is 31.3 Å². The van der Waals surface area contributed by atoms with Gasteiger partial charge < -0.3 is 4.74 Å². The topological polar surface area (TPSA) is 65.3 Å². The summed E-state index contributed by atoms with van der Waals surface area (Å²) in [5.74, 6) is 0.550. The largest absolute Gasteiger partial charge is 0.493 e. The summed E-state index contributed by atoms with van der Waals surface area (Å²) in [5.41, 5.74) is 3.14. The van der Waals surface area contributed by atoms with E-state index in [0.717, 1.165) is 17.5 Å². The number of nitrogens with zero attached hydrogens (tertiary/aromatic N) is 2. The fourth-order valence-corrected chi connectivity index (χ4v) is 2.58. The monoisotopic (exact) mass is 334 g/mol. The molecular weight excluding hydrogens is 316 g/mol. The first-order chi connectivity index (χ1) is 12.2. The van der Waals surface area contributed by atoms with Crippen LogP contribution in [0, 0.1) is 10.1 Å². The van der Waals surface area contributed by atoms with Crippen molar-refractivity contribution in [3.8, 4) is 5.75 Å². The van der Waals surface area contributed by atoms with E-state index >= 15 is 0 Å². The maximum absolute atomic E-state index is 11.1. The number of pyridine rings is 1. The van der Waals surface area contributed by atoms with E-state index in [-0.39, 0.29) is 5.69 Å². The van der Waals surface area contributed by atoms with Gasteiger partial charge in [0.1, 0.15) is 5.75 Å². The molecule has 1 aromatic heterocycles. The van der Waals surface area contributed by atoms with Gasteiger partial charge in [-0.05, 0) is 28.8 Å². The minimum absolute atomic E-state index is 0.0321. The summed E-state index contributed by atoms with van der Waals surface area (Å²) in [6.45, 7) is 0.464. The molecule has 5 nitrogen and oxygen atoms in total. The maximum atomic E-state index is 11.1. The molecule has 126 valence electrons. The van der Waals surface area contributed by atoms with Crippen LogP contribution in [-0.4, -0.2) is 16.5 Å². The van der Waals surface area contributed by atoms with E-state index in [9.17, 15) is 10.1 Å². The van der Waals surface area contributed by atoms with Gasteiger partial charge in [-0.25, -0.2) is 0 Å². The van der Waals surface area contributed by atoms with Gasteiger partial charge in [0.15, 0.2) is 0 Å². The summed E-state index contributed by atoms with van der Waals surface area (Å²) in [6.07, 6.45) is 4.87. The average molecular weight is 334 g/mol. The Bertz CT molecular complexity index is 836. The first kappa shape index (κ1) is 16.6. The zero-order valence-corrected chi connectivity index (χ0v) is 13.7. The minimum Gasteiger partial charge on any atom is -0.493 e. The molecule has 2 aromatic carbocycles. The molecular formula is C20H18N2O3. The molecule has 0 aliphatic heterocycles. The second-order valence-corrected chi connectivity index (χ2v) is 5.67. The molecule has 0 amide bonds. The van der Waals surface area contributed by atoms with Crippen molar-refractivity contribution in [1.29, 1.82) is 0 Å². The Morgan fingerprint density at radius 1 is 1.00 bits per heavy atom. The SMILES string of the molecule is O=[N+]([O-])c1ccc(Cc2cccnc2)c(OCCc2ccccc2)c1. The predicted octanol–water partition coefficient (Wildman–Crippen LogP) is 4.20. The van der Waals surface area contributed by atoms with E-state index in [1.807, 2.05) is 42.5 Å². The molecule has 1 heterocycles. The summed E-state index contributed by atoms with van der Waals surface area (Å²) in [7, 11) is 0. The fraction of sp³-hybridized carbons (Fsp3) is 0.150. The van der Waals surface area contributed by atoms with Crippen molar-refractivity contribution >= 4 is 5.69 Å². The Morgan fingerprint density at radius 3 is 2.52 bits per heavy atom. The van der Waals surface area contributed by atoms with E-state index < -0.39 is 4.92 Å². The molecule has 25 heavy (non-hydrogen) atoms. The van der Waals surface area contributed by atoms with Crippen molar-refractivity contribution in [2.75, 3.05) is 6.61 Å². The lowest BCUT2D eigenvalue weighted by molar-refractivity contribution is -0.384. The molecule has 0 aliphatic rings. The van der Waals surface area contributed by atoms with Crippen LogP contribution in [-0.2, 0) is 12.8 Å². The van der Waals surface area contributed by atoms with Crippen LogP contribution in [0.1, 0.15) is 16.7 Å². The van der Waals surface area contributed by atoms with Gasteiger partial charge in [0.05, 0.1) is 17.6 Å². The third kappa shape index (κ3) is 4.64. The highest BCUT2D eigenvalue weighted by atomic mass is 16.6. The Kier molecular flexibility index (Phi) is 5.36. The van der Waals surface area contributed by atoms with Crippen molar-refractivity contribution in [2.45, 2.75) is 12.8 Å². The molecule has 0 atom stereocenters. The molecule has 3 rings (SSSR count). The van der Waals surface area contributed by atoms with Crippen LogP contribution in [0.5, 0.6) is 5.75 Å². The van der Waals surface area contributed by atoms with Gasteiger partial charge in [0.2, 0.25) is 0 Å². The first-order valence-electron chi connectivity index (χ1n) is 8.05. The van der Waals surface area contributed by atoms with Crippen molar-refractivity contribution in [3.05, 3.63) is 99.9 Å². The molecule has 0 saturated heterocycles. The lowest BCUT2D eigenvalue weighted by Gasteiger charge is -2.12. The Balaban J connectivity index is 1.76. The number of nitro groups is 1. The number of hydrogen-bond acceptors (Lipinski definition) is 4. The third-order valence-electron chi connectivity index (χ3n) is 3.87. The lowest BCUT2D eigenvalue weighted by Crippen LogP contribution is -2.04. The van der Waals surface area contributed by atoms with Gasteiger partial charge in [-0.2, -0.15) is 0 Å². The zero-order valence-electron chi connectivity index (χ0n) is 13.7.